The quantitative estimate of drug-likeness (QED) is 0.685. The molecule has 0 radical (unpaired) electrons. The van der Waals surface area contributed by atoms with Crippen LogP contribution in [0.2, 0.25) is 0 Å². The summed E-state index contributed by atoms with van der Waals surface area (Å²) >= 11 is 0. The molecule has 1 aliphatic rings. The summed E-state index contributed by atoms with van der Waals surface area (Å²) in [4.78, 5) is 13.7. The first-order chi connectivity index (χ1) is 7.22. The van der Waals surface area contributed by atoms with E-state index in [1.165, 1.54) is 12.8 Å². The van der Waals surface area contributed by atoms with Crippen molar-refractivity contribution in [2.75, 3.05) is 32.7 Å². The lowest BCUT2D eigenvalue weighted by molar-refractivity contribution is -0.121. The molecule has 1 saturated heterocycles. The summed E-state index contributed by atoms with van der Waals surface area (Å²) in [5.41, 5.74) is 5.31. The molecule has 1 aliphatic heterocycles. The number of rotatable bonds is 5. The van der Waals surface area contributed by atoms with Gasteiger partial charge in [-0.3, -0.25) is 4.79 Å². The second kappa shape index (κ2) is 6.80. The van der Waals surface area contributed by atoms with E-state index in [1.807, 2.05) is 0 Å². The van der Waals surface area contributed by atoms with Gasteiger partial charge < -0.3 is 16.0 Å². The van der Waals surface area contributed by atoms with Gasteiger partial charge in [0.25, 0.3) is 0 Å². The molecule has 15 heavy (non-hydrogen) atoms. The van der Waals surface area contributed by atoms with Crippen LogP contribution in [0.5, 0.6) is 0 Å². The molecule has 1 heterocycles. The van der Waals surface area contributed by atoms with Crippen LogP contribution in [-0.2, 0) is 4.79 Å². The number of nitrogens with two attached hydrogens (primary N) is 1. The van der Waals surface area contributed by atoms with Crippen LogP contribution in [0, 0.1) is 5.92 Å². The molecule has 1 fully saturated rings. The maximum absolute atomic E-state index is 11.3. The van der Waals surface area contributed by atoms with Crippen LogP contribution in [0.1, 0.15) is 26.2 Å². The van der Waals surface area contributed by atoms with Gasteiger partial charge in [-0.1, -0.05) is 6.92 Å². The van der Waals surface area contributed by atoms with Crippen molar-refractivity contribution in [1.29, 1.82) is 0 Å². The van der Waals surface area contributed by atoms with E-state index >= 15 is 0 Å². The van der Waals surface area contributed by atoms with Gasteiger partial charge in [0.15, 0.2) is 0 Å². The third-order valence-corrected chi connectivity index (χ3v) is 2.86. The summed E-state index contributed by atoms with van der Waals surface area (Å²) in [6.07, 6.45) is 3.20. The molecular weight excluding hydrogens is 190 g/mol. The standard InChI is InChI=1S/C11H23N3O/c1-10-3-2-7-14(9-10)8-4-11(15)13-6-5-12/h10H,2-9,12H2,1H3,(H,13,15). The second-order valence-corrected chi connectivity index (χ2v) is 4.44. The molecular formula is C11H23N3O. The highest BCUT2D eigenvalue weighted by molar-refractivity contribution is 5.76. The number of piperidine rings is 1. The highest BCUT2D eigenvalue weighted by Gasteiger charge is 2.16. The van der Waals surface area contributed by atoms with Crippen molar-refractivity contribution in [2.24, 2.45) is 11.7 Å². The topological polar surface area (TPSA) is 58.4 Å². The SMILES string of the molecule is CC1CCCN(CCC(=O)NCCN)C1. The van der Waals surface area contributed by atoms with Gasteiger partial charge in [-0.15, -0.1) is 0 Å². The van der Waals surface area contributed by atoms with E-state index in [0.717, 1.165) is 25.6 Å². The Labute approximate surface area is 92.2 Å². The molecule has 0 saturated carbocycles. The molecule has 0 bridgehead atoms. The number of carbonyl (C=O) groups is 1. The van der Waals surface area contributed by atoms with E-state index in [2.05, 4.69) is 17.1 Å². The number of nitrogens with zero attached hydrogens (tertiary/aromatic N) is 1. The lowest BCUT2D eigenvalue weighted by Gasteiger charge is -2.30. The molecule has 4 heteroatoms. The highest BCUT2D eigenvalue weighted by atomic mass is 16.1. The van der Waals surface area contributed by atoms with E-state index in [9.17, 15) is 4.79 Å². The second-order valence-electron chi connectivity index (χ2n) is 4.44. The van der Waals surface area contributed by atoms with Crippen molar-refractivity contribution in [2.45, 2.75) is 26.2 Å². The maximum atomic E-state index is 11.3. The molecule has 0 spiro atoms. The molecule has 0 aromatic heterocycles. The number of nitrogens with one attached hydrogen (secondary N) is 1. The molecule has 0 aliphatic carbocycles. The van der Waals surface area contributed by atoms with Crippen LogP contribution >= 0.6 is 0 Å². The molecule has 4 nitrogen and oxygen atoms in total. The molecule has 1 amide bonds. The van der Waals surface area contributed by atoms with Crippen LogP contribution < -0.4 is 11.1 Å². The summed E-state index contributed by atoms with van der Waals surface area (Å²) in [6, 6.07) is 0. The van der Waals surface area contributed by atoms with Crippen molar-refractivity contribution in [1.82, 2.24) is 10.2 Å². The zero-order valence-corrected chi connectivity index (χ0v) is 9.67. The van der Waals surface area contributed by atoms with Crippen LogP contribution in [0.4, 0.5) is 0 Å². The van der Waals surface area contributed by atoms with Gasteiger partial charge in [0, 0.05) is 32.6 Å². The van der Waals surface area contributed by atoms with Gasteiger partial charge in [0.05, 0.1) is 0 Å². The average Bonchev–Trinajstić information content (AvgIpc) is 2.23. The first kappa shape index (κ1) is 12.5. The molecule has 1 atom stereocenters. The molecule has 88 valence electrons. The maximum Gasteiger partial charge on any atom is 0.221 e. The summed E-state index contributed by atoms with van der Waals surface area (Å²) in [7, 11) is 0. The van der Waals surface area contributed by atoms with Crippen molar-refractivity contribution in [3.63, 3.8) is 0 Å². The third kappa shape index (κ3) is 5.14. The Balaban J connectivity index is 2.10. The van der Waals surface area contributed by atoms with Crippen molar-refractivity contribution in [3.05, 3.63) is 0 Å². The minimum atomic E-state index is 0.124. The Morgan fingerprint density at radius 3 is 3.07 bits per heavy atom. The number of amides is 1. The monoisotopic (exact) mass is 213 g/mol. The number of hydrogen-bond acceptors (Lipinski definition) is 3. The first-order valence-corrected chi connectivity index (χ1v) is 5.91. The fourth-order valence-electron chi connectivity index (χ4n) is 2.05. The van der Waals surface area contributed by atoms with E-state index in [1.54, 1.807) is 0 Å². The fourth-order valence-corrected chi connectivity index (χ4v) is 2.05. The highest BCUT2D eigenvalue weighted by Crippen LogP contribution is 2.15. The van der Waals surface area contributed by atoms with Crippen molar-refractivity contribution in [3.8, 4) is 0 Å². The van der Waals surface area contributed by atoms with Crippen LogP contribution in [-0.4, -0.2) is 43.5 Å². The largest absolute Gasteiger partial charge is 0.355 e. The third-order valence-electron chi connectivity index (χ3n) is 2.86. The number of carbonyl (C=O) groups excluding carboxylic acids is 1. The van der Waals surface area contributed by atoms with Crippen molar-refractivity contribution < 1.29 is 4.79 Å². The first-order valence-electron chi connectivity index (χ1n) is 5.91. The molecule has 0 aromatic rings. The minimum absolute atomic E-state index is 0.124. The molecule has 0 aromatic carbocycles. The van der Waals surface area contributed by atoms with Crippen molar-refractivity contribution >= 4 is 5.91 Å². The summed E-state index contributed by atoms with van der Waals surface area (Å²) in [5, 5.41) is 2.79. The van der Waals surface area contributed by atoms with Gasteiger partial charge in [-0.05, 0) is 25.3 Å². The van der Waals surface area contributed by atoms with Crippen LogP contribution in [0.15, 0.2) is 0 Å². The predicted octanol–water partition coefficient (Wildman–Crippen LogP) is 0.183. The Bertz CT molecular complexity index is 196. The normalized spacial score (nSPS) is 22.7. The fraction of sp³-hybridized carbons (Fsp3) is 0.909. The van der Waals surface area contributed by atoms with E-state index < -0.39 is 0 Å². The molecule has 1 unspecified atom stereocenters. The van der Waals surface area contributed by atoms with Gasteiger partial charge >= 0.3 is 0 Å². The summed E-state index contributed by atoms with van der Waals surface area (Å²) in [5.74, 6) is 0.907. The average molecular weight is 213 g/mol. The van der Waals surface area contributed by atoms with Gasteiger partial charge in [0.1, 0.15) is 0 Å². The van der Waals surface area contributed by atoms with Gasteiger partial charge in [-0.2, -0.15) is 0 Å². The Morgan fingerprint density at radius 2 is 2.40 bits per heavy atom. The van der Waals surface area contributed by atoms with Gasteiger partial charge in [-0.25, -0.2) is 0 Å². The predicted molar refractivity (Wildman–Crippen MR) is 61.5 cm³/mol. The number of likely N-dealkylation sites (tertiary alicyclic amines) is 1. The summed E-state index contributed by atoms with van der Waals surface area (Å²) < 4.78 is 0. The van der Waals surface area contributed by atoms with E-state index in [0.29, 0.717) is 19.5 Å². The summed E-state index contributed by atoms with van der Waals surface area (Å²) in [6.45, 7) is 6.57. The lowest BCUT2D eigenvalue weighted by atomic mass is 10.0. The molecule has 3 N–H and O–H groups in total. The van der Waals surface area contributed by atoms with Crippen LogP contribution in [0.25, 0.3) is 0 Å². The zero-order valence-electron chi connectivity index (χ0n) is 9.67. The smallest absolute Gasteiger partial charge is 0.221 e. The Hall–Kier alpha value is -0.610. The van der Waals surface area contributed by atoms with Gasteiger partial charge in [0.2, 0.25) is 5.91 Å². The minimum Gasteiger partial charge on any atom is -0.355 e. The van der Waals surface area contributed by atoms with E-state index in [4.69, 9.17) is 5.73 Å². The van der Waals surface area contributed by atoms with Crippen LogP contribution in [0.3, 0.4) is 0 Å². The van der Waals surface area contributed by atoms with E-state index in [-0.39, 0.29) is 5.91 Å². The lowest BCUT2D eigenvalue weighted by Crippen LogP contribution is -2.38. The zero-order chi connectivity index (χ0) is 11.1. The number of hydrogen-bond donors (Lipinski definition) is 2. The molecule has 1 rings (SSSR count). The Kier molecular flexibility index (Phi) is 5.65. The Morgan fingerprint density at radius 1 is 1.60 bits per heavy atom.